The number of nitrogens with one attached hydrogen (secondary N) is 1. The molecule has 0 saturated heterocycles. The van der Waals surface area contributed by atoms with Crippen LogP contribution >= 0.6 is 0 Å². The maximum atomic E-state index is 11.9. The van der Waals surface area contributed by atoms with Gasteiger partial charge >= 0.3 is 0 Å². The normalized spacial score (nSPS) is 10.7. The zero-order valence-electron chi connectivity index (χ0n) is 12.2. The van der Waals surface area contributed by atoms with Gasteiger partial charge in [-0.2, -0.15) is 0 Å². The average Bonchev–Trinajstić information content (AvgIpc) is 2.78. The Balaban J connectivity index is 2.19. The maximum Gasteiger partial charge on any atom is 0.267 e. The van der Waals surface area contributed by atoms with Gasteiger partial charge in [-0.25, -0.2) is 4.68 Å². The summed E-state index contributed by atoms with van der Waals surface area (Å²) in [6.07, 6.45) is 2.89. The van der Waals surface area contributed by atoms with Gasteiger partial charge in [0.05, 0.1) is 13.2 Å². The molecule has 2 aromatic rings. The third-order valence-electron chi connectivity index (χ3n) is 3.12. The largest absolute Gasteiger partial charge is 0.493 e. The van der Waals surface area contributed by atoms with Crippen LogP contribution in [0.15, 0.2) is 35.1 Å². The second kappa shape index (κ2) is 6.98. The highest BCUT2D eigenvalue weighted by molar-refractivity contribution is 5.33. The molecule has 0 aliphatic heterocycles. The van der Waals surface area contributed by atoms with E-state index in [0.29, 0.717) is 13.2 Å². The molecule has 0 aliphatic carbocycles. The molecular formula is C16H22N2O2. The number of hydrogen-bond donors (Lipinski definition) is 1. The first-order chi connectivity index (χ1) is 9.74. The van der Waals surface area contributed by atoms with Crippen molar-refractivity contribution in [2.45, 2.75) is 39.7 Å². The van der Waals surface area contributed by atoms with E-state index in [1.54, 1.807) is 10.7 Å². The van der Waals surface area contributed by atoms with Gasteiger partial charge in [0.25, 0.3) is 5.56 Å². The van der Waals surface area contributed by atoms with Crippen molar-refractivity contribution in [3.05, 3.63) is 51.9 Å². The zero-order chi connectivity index (χ0) is 14.4. The fraction of sp³-hybridized carbons (Fsp3) is 0.438. The Kier molecular flexibility index (Phi) is 5.04. The van der Waals surface area contributed by atoms with Gasteiger partial charge in [0.15, 0.2) is 0 Å². The smallest absolute Gasteiger partial charge is 0.267 e. The molecule has 0 spiro atoms. The number of para-hydroxylation sites is 1. The Bertz CT molecular complexity index is 599. The van der Waals surface area contributed by atoms with Crippen molar-refractivity contribution in [2.75, 3.05) is 6.61 Å². The molecule has 108 valence electrons. The summed E-state index contributed by atoms with van der Waals surface area (Å²) in [7, 11) is 0. The number of hydrogen-bond acceptors (Lipinski definition) is 2. The Labute approximate surface area is 119 Å². The summed E-state index contributed by atoms with van der Waals surface area (Å²) in [6.45, 7) is 5.39. The summed E-state index contributed by atoms with van der Waals surface area (Å²) in [5.74, 6) is 0.855. The quantitative estimate of drug-likeness (QED) is 0.843. The number of H-pyrrole nitrogens is 1. The van der Waals surface area contributed by atoms with Gasteiger partial charge in [-0.1, -0.05) is 38.5 Å². The van der Waals surface area contributed by atoms with Gasteiger partial charge in [-0.15, -0.1) is 0 Å². The summed E-state index contributed by atoms with van der Waals surface area (Å²) in [6, 6.07) is 9.55. The minimum atomic E-state index is 0.0127. The molecule has 1 aromatic carbocycles. The molecule has 0 saturated carbocycles. The summed E-state index contributed by atoms with van der Waals surface area (Å²) in [4.78, 5) is 11.9. The number of aromatic amines is 1. The first-order valence-electron chi connectivity index (χ1n) is 7.24. The van der Waals surface area contributed by atoms with Crippen molar-refractivity contribution in [2.24, 2.45) is 0 Å². The Morgan fingerprint density at radius 1 is 1.20 bits per heavy atom. The standard InChI is InChI=1S/C16H22N2O2/c1-3-7-14-11-16(19)18(17-14)12-13-8-5-6-9-15(13)20-10-4-2/h5-6,8-9,11,17H,3-4,7,10,12H2,1-2H3. The van der Waals surface area contributed by atoms with Crippen LogP contribution < -0.4 is 10.3 Å². The van der Waals surface area contributed by atoms with Crippen LogP contribution in [0, 0.1) is 0 Å². The summed E-state index contributed by atoms with van der Waals surface area (Å²) >= 11 is 0. The van der Waals surface area contributed by atoms with Crippen LogP contribution in [-0.4, -0.2) is 16.4 Å². The topological polar surface area (TPSA) is 47.0 Å². The summed E-state index contributed by atoms with van der Waals surface area (Å²) < 4.78 is 7.36. The lowest BCUT2D eigenvalue weighted by molar-refractivity contribution is 0.313. The highest BCUT2D eigenvalue weighted by Gasteiger charge is 2.07. The second-order valence-corrected chi connectivity index (χ2v) is 4.91. The predicted octanol–water partition coefficient (Wildman–Crippen LogP) is 2.97. The number of benzene rings is 1. The van der Waals surface area contributed by atoms with Crippen LogP contribution in [-0.2, 0) is 13.0 Å². The third kappa shape index (κ3) is 3.53. The molecule has 20 heavy (non-hydrogen) atoms. The molecule has 0 atom stereocenters. The van der Waals surface area contributed by atoms with Crippen molar-refractivity contribution >= 4 is 0 Å². The highest BCUT2D eigenvalue weighted by atomic mass is 16.5. The number of aromatic nitrogens is 2. The molecule has 0 aliphatic rings. The fourth-order valence-electron chi connectivity index (χ4n) is 2.16. The number of ether oxygens (including phenoxy) is 1. The Morgan fingerprint density at radius 2 is 2.00 bits per heavy atom. The molecule has 0 amide bonds. The number of nitrogens with zero attached hydrogens (tertiary/aromatic N) is 1. The Morgan fingerprint density at radius 3 is 2.75 bits per heavy atom. The van der Waals surface area contributed by atoms with E-state index in [1.807, 2.05) is 24.3 Å². The monoisotopic (exact) mass is 274 g/mol. The van der Waals surface area contributed by atoms with E-state index in [0.717, 1.165) is 36.3 Å². The zero-order valence-corrected chi connectivity index (χ0v) is 12.2. The van der Waals surface area contributed by atoms with E-state index in [2.05, 4.69) is 18.9 Å². The number of rotatable bonds is 7. The van der Waals surface area contributed by atoms with Gasteiger partial charge in [0, 0.05) is 17.3 Å². The first kappa shape index (κ1) is 14.4. The molecule has 1 N–H and O–H groups in total. The second-order valence-electron chi connectivity index (χ2n) is 4.91. The molecule has 1 heterocycles. The van der Waals surface area contributed by atoms with Gasteiger partial charge in [0.2, 0.25) is 0 Å². The van der Waals surface area contributed by atoms with Crippen molar-refractivity contribution in [3.63, 3.8) is 0 Å². The van der Waals surface area contributed by atoms with Crippen LogP contribution in [0.4, 0.5) is 0 Å². The van der Waals surface area contributed by atoms with E-state index < -0.39 is 0 Å². The van der Waals surface area contributed by atoms with Crippen molar-refractivity contribution in [3.8, 4) is 5.75 Å². The molecule has 4 nitrogen and oxygen atoms in total. The lowest BCUT2D eigenvalue weighted by Gasteiger charge is -2.11. The van der Waals surface area contributed by atoms with Gasteiger partial charge in [-0.05, 0) is 18.9 Å². The lowest BCUT2D eigenvalue weighted by atomic mass is 10.2. The van der Waals surface area contributed by atoms with Gasteiger partial charge < -0.3 is 4.74 Å². The van der Waals surface area contributed by atoms with Gasteiger partial charge in [0.1, 0.15) is 5.75 Å². The lowest BCUT2D eigenvalue weighted by Crippen LogP contribution is -2.17. The minimum Gasteiger partial charge on any atom is -0.493 e. The first-order valence-corrected chi connectivity index (χ1v) is 7.24. The van der Waals surface area contributed by atoms with E-state index in [9.17, 15) is 4.79 Å². The van der Waals surface area contributed by atoms with Crippen LogP contribution in [0.3, 0.4) is 0 Å². The van der Waals surface area contributed by atoms with E-state index >= 15 is 0 Å². The molecule has 0 radical (unpaired) electrons. The van der Waals surface area contributed by atoms with E-state index in [4.69, 9.17) is 4.74 Å². The van der Waals surface area contributed by atoms with E-state index in [-0.39, 0.29) is 5.56 Å². The van der Waals surface area contributed by atoms with E-state index in [1.165, 1.54) is 0 Å². The molecule has 0 unspecified atom stereocenters. The molecule has 0 fully saturated rings. The SMILES string of the molecule is CCCOc1ccccc1Cn1[nH]c(CCC)cc1=O. The van der Waals surface area contributed by atoms with Gasteiger partial charge in [-0.3, -0.25) is 9.89 Å². The third-order valence-corrected chi connectivity index (χ3v) is 3.12. The number of aryl methyl sites for hydroxylation is 1. The molecule has 0 bridgehead atoms. The molecule has 1 aromatic heterocycles. The molecule has 4 heteroatoms. The highest BCUT2D eigenvalue weighted by Crippen LogP contribution is 2.18. The van der Waals surface area contributed by atoms with Crippen molar-refractivity contribution in [1.82, 2.24) is 9.78 Å². The maximum absolute atomic E-state index is 11.9. The van der Waals surface area contributed by atoms with Crippen LogP contribution in [0.1, 0.15) is 37.9 Å². The predicted molar refractivity (Wildman–Crippen MR) is 80.4 cm³/mol. The van der Waals surface area contributed by atoms with Crippen molar-refractivity contribution in [1.29, 1.82) is 0 Å². The summed E-state index contributed by atoms with van der Waals surface area (Å²) in [5.41, 5.74) is 2.02. The minimum absolute atomic E-state index is 0.0127. The fourth-order valence-corrected chi connectivity index (χ4v) is 2.16. The molecule has 2 rings (SSSR count). The van der Waals surface area contributed by atoms with Crippen LogP contribution in [0.2, 0.25) is 0 Å². The molecular weight excluding hydrogens is 252 g/mol. The van der Waals surface area contributed by atoms with Crippen LogP contribution in [0.25, 0.3) is 0 Å². The average molecular weight is 274 g/mol. The van der Waals surface area contributed by atoms with Crippen LogP contribution in [0.5, 0.6) is 5.75 Å². The Hall–Kier alpha value is -1.97. The summed E-state index contributed by atoms with van der Waals surface area (Å²) in [5, 5.41) is 3.16. The van der Waals surface area contributed by atoms with Crippen molar-refractivity contribution < 1.29 is 4.74 Å².